The number of hydrogen-bond acceptors (Lipinski definition) is 3. The van der Waals surface area contributed by atoms with Gasteiger partial charge < -0.3 is 10.4 Å². The Hall–Kier alpha value is -2.46. The molecule has 0 bridgehead atoms. The molecule has 4 nitrogen and oxygen atoms in total. The summed E-state index contributed by atoms with van der Waals surface area (Å²) >= 11 is 0. The van der Waals surface area contributed by atoms with Crippen LogP contribution in [0.5, 0.6) is 0 Å². The molecule has 1 aliphatic carbocycles. The number of aliphatic hydroxyl groups is 1. The molecule has 1 aliphatic rings. The normalized spacial score (nSPS) is 13.9. The number of nitrogens with one attached hydrogen (secondary N) is 1. The second-order valence-corrected chi connectivity index (χ2v) is 6.73. The Morgan fingerprint density at radius 3 is 2.83 bits per heavy atom. The molecule has 1 aromatic heterocycles. The molecule has 0 spiro atoms. The van der Waals surface area contributed by atoms with Crippen molar-refractivity contribution in [3.63, 3.8) is 0 Å². The average molecular weight is 322 g/mol. The van der Waals surface area contributed by atoms with Crippen molar-refractivity contribution in [1.29, 1.82) is 0 Å². The second kappa shape index (κ2) is 6.57. The Balaban J connectivity index is 2.02. The third-order valence-corrected chi connectivity index (χ3v) is 4.27. The van der Waals surface area contributed by atoms with Crippen molar-refractivity contribution in [2.24, 2.45) is 0 Å². The zero-order chi connectivity index (χ0) is 17.2. The molecule has 0 radical (unpaired) electrons. The largest absolute Gasteiger partial charge is 0.394 e. The minimum Gasteiger partial charge on any atom is -0.394 e. The summed E-state index contributed by atoms with van der Waals surface area (Å²) in [6.07, 6.45) is 7.51. The van der Waals surface area contributed by atoms with Crippen LogP contribution in [-0.2, 0) is 6.42 Å². The smallest absolute Gasteiger partial charge is 0.252 e. The number of carbonyl (C=O) groups is 1. The van der Waals surface area contributed by atoms with Crippen LogP contribution < -0.4 is 5.32 Å². The van der Waals surface area contributed by atoms with E-state index in [-0.39, 0.29) is 12.5 Å². The minimum absolute atomic E-state index is 0.120. The van der Waals surface area contributed by atoms with Crippen LogP contribution >= 0.6 is 0 Å². The van der Waals surface area contributed by atoms with Crippen molar-refractivity contribution < 1.29 is 9.90 Å². The molecule has 0 atom stereocenters. The molecule has 4 heteroatoms. The number of aryl methyl sites for hydroxylation is 1. The van der Waals surface area contributed by atoms with Gasteiger partial charge in [0.1, 0.15) is 0 Å². The van der Waals surface area contributed by atoms with E-state index in [9.17, 15) is 9.90 Å². The quantitative estimate of drug-likeness (QED) is 0.910. The van der Waals surface area contributed by atoms with E-state index in [1.165, 1.54) is 5.56 Å². The van der Waals surface area contributed by atoms with Crippen LogP contribution in [0.4, 0.5) is 0 Å². The lowest BCUT2D eigenvalue weighted by molar-refractivity contribution is 0.0869. The molecule has 1 amide bonds. The zero-order valence-corrected chi connectivity index (χ0v) is 14.0. The van der Waals surface area contributed by atoms with Crippen LogP contribution in [0.2, 0.25) is 0 Å². The number of amides is 1. The highest BCUT2D eigenvalue weighted by molar-refractivity contribution is 6.01. The first-order chi connectivity index (χ1) is 11.5. The summed E-state index contributed by atoms with van der Waals surface area (Å²) in [6.45, 7) is 3.46. The summed E-state index contributed by atoms with van der Waals surface area (Å²) in [6, 6.07) is 10.0. The highest BCUT2D eigenvalue weighted by Gasteiger charge is 2.24. The number of aromatic nitrogens is 1. The van der Waals surface area contributed by atoms with Gasteiger partial charge in [-0.25, -0.2) is 0 Å². The van der Waals surface area contributed by atoms with Gasteiger partial charge in [0.2, 0.25) is 0 Å². The first-order valence-electron chi connectivity index (χ1n) is 8.18. The third kappa shape index (κ3) is 3.24. The maximum absolute atomic E-state index is 12.7. The predicted octanol–water partition coefficient (Wildman–Crippen LogP) is 2.96. The number of nitrogens with zero attached hydrogens (tertiary/aromatic N) is 1. The van der Waals surface area contributed by atoms with Crippen LogP contribution in [0.25, 0.3) is 5.57 Å². The van der Waals surface area contributed by atoms with E-state index in [4.69, 9.17) is 0 Å². The average Bonchev–Trinajstić information content (AvgIpc) is 2.61. The van der Waals surface area contributed by atoms with Crippen molar-refractivity contribution in [2.45, 2.75) is 32.2 Å². The number of rotatable bonds is 4. The van der Waals surface area contributed by atoms with Gasteiger partial charge >= 0.3 is 0 Å². The minimum atomic E-state index is -0.670. The number of hydrogen-bond donors (Lipinski definition) is 2. The Morgan fingerprint density at radius 1 is 1.25 bits per heavy atom. The molecule has 3 rings (SSSR count). The number of allylic oxidation sites excluding steroid dienone is 1. The van der Waals surface area contributed by atoms with E-state index in [0.29, 0.717) is 5.56 Å². The van der Waals surface area contributed by atoms with Gasteiger partial charge in [-0.2, -0.15) is 0 Å². The van der Waals surface area contributed by atoms with Gasteiger partial charge in [-0.15, -0.1) is 0 Å². The van der Waals surface area contributed by atoms with Gasteiger partial charge in [0, 0.05) is 18.0 Å². The fraction of sp³-hybridized carbons (Fsp3) is 0.300. The Labute approximate surface area is 142 Å². The molecule has 124 valence electrons. The van der Waals surface area contributed by atoms with E-state index in [1.54, 1.807) is 32.3 Å². The van der Waals surface area contributed by atoms with Crippen LogP contribution in [0.1, 0.15) is 47.3 Å². The highest BCUT2D eigenvalue weighted by Crippen LogP contribution is 2.33. The van der Waals surface area contributed by atoms with Crippen molar-refractivity contribution in [1.82, 2.24) is 10.3 Å². The molecule has 2 aromatic rings. The summed E-state index contributed by atoms with van der Waals surface area (Å²) in [7, 11) is 0. The monoisotopic (exact) mass is 322 g/mol. The molecule has 0 fully saturated rings. The third-order valence-electron chi connectivity index (χ3n) is 4.27. The second-order valence-electron chi connectivity index (χ2n) is 6.73. The molecule has 1 heterocycles. The van der Waals surface area contributed by atoms with Crippen LogP contribution in [0, 0.1) is 0 Å². The first kappa shape index (κ1) is 16.4. The molecule has 0 saturated carbocycles. The van der Waals surface area contributed by atoms with Gasteiger partial charge in [0.15, 0.2) is 0 Å². The lowest BCUT2D eigenvalue weighted by atomic mass is 9.86. The topological polar surface area (TPSA) is 62.2 Å². The van der Waals surface area contributed by atoms with Gasteiger partial charge in [0.05, 0.1) is 17.7 Å². The number of aliphatic hydroxyl groups excluding tert-OH is 1. The molecular formula is C20H22N2O2. The summed E-state index contributed by atoms with van der Waals surface area (Å²) in [5, 5.41) is 12.3. The summed E-state index contributed by atoms with van der Waals surface area (Å²) in [5.41, 5.74) is 4.24. The van der Waals surface area contributed by atoms with Gasteiger partial charge in [-0.05, 0) is 49.5 Å². The molecule has 1 aromatic carbocycles. The summed E-state index contributed by atoms with van der Waals surface area (Å²) in [5.74, 6) is -0.199. The molecule has 0 aliphatic heterocycles. The lowest BCUT2D eigenvalue weighted by Crippen LogP contribution is -2.46. The van der Waals surface area contributed by atoms with Crippen LogP contribution in [0.15, 0.2) is 48.8 Å². The first-order valence-corrected chi connectivity index (χ1v) is 8.18. The van der Waals surface area contributed by atoms with E-state index < -0.39 is 5.54 Å². The Kier molecular flexibility index (Phi) is 4.49. The van der Waals surface area contributed by atoms with Gasteiger partial charge in [-0.1, -0.05) is 30.3 Å². The SMILES string of the molecule is CC(C)(CO)NC(=O)c1ccncc1C1=CCCc2ccccc21. The Morgan fingerprint density at radius 2 is 2.04 bits per heavy atom. The van der Waals surface area contributed by atoms with E-state index >= 15 is 0 Å². The van der Waals surface area contributed by atoms with Gasteiger partial charge in [-0.3, -0.25) is 9.78 Å². The zero-order valence-electron chi connectivity index (χ0n) is 14.0. The standard InChI is InChI=1S/C20H22N2O2/c1-20(2,13-23)22-19(24)17-10-11-21-12-18(17)16-9-5-7-14-6-3-4-8-15(14)16/h3-4,6,8-12,23H,5,7,13H2,1-2H3,(H,22,24). The summed E-state index contributed by atoms with van der Waals surface area (Å²) < 4.78 is 0. The van der Waals surface area contributed by atoms with Crippen molar-refractivity contribution in [2.75, 3.05) is 6.61 Å². The number of carbonyl (C=O) groups excluding carboxylic acids is 1. The maximum atomic E-state index is 12.7. The van der Waals surface area contributed by atoms with Crippen molar-refractivity contribution in [3.05, 3.63) is 71.1 Å². The van der Waals surface area contributed by atoms with E-state index in [1.807, 2.05) is 12.1 Å². The fourth-order valence-electron chi connectivity index (χ4n) is 2.96. The fourth-order valence-corrected chi connectivity index (χ4v) is 2.96. The summed E-state index contributed by atoms with van der Waals surface area (Å²) in [4.78, 5) is 16.9. The molecule has 0 saturated heterocycles. The molecule has 0 unspecified atom stereocenters. The number of benzene rings is 1. The van der Waals surface area contributed by atoms with Crippen LogP contribution in [-0.4, -0.2) is 28.1 Å². The van der Waals surface area contributed by atoms with Crippen LogP contribution in [0.3, 0.4) is 0 Å². The molecule has 24 heavy (non-hydrogen) atoms. The van der Waals surface area contributed by atoms with E-state index in [0.717, 1.165) is 29.5 Å². The highest BCUT2D eigenvalue weighted by atomic mass is 16.3. The maximum Gasteiger partial charge on any atom is 0.252 e. The van der Waals surface area contributed by atoms with E-state index in [2.05, 4.69) is 28.5 Å². The van der Waals surface area contributed by atoms with Crippen molar-refractivity contribution >= 4 is 11.5 Å². The van der Waals surface area contributed by atoms with Crippen molar-refractivity contribution in [3.8, 4) is 0 Å². The molecular weight excluding hydrogens is 300 g/mol. The van der Waals surface area contributed by atoms with Gasteiger partial charge in [0.25, 0.3) is 5.91 Å². The number of fused-ring (bicyclic) bond motifs is 1. The number of pyridine rings is 1. The lowest BCUT2D eigenvalue weighted by Gasteiger charge is -2.25. The predicted molar refractivity (Wildman–Crippen MR) is 94.7 cm³/mol. The molecule has 2 N–H and O–H groups in total. The Bertz CT molecular complexity index is 794.